The normalized spacial score (nSPS) is 11.2. The van der Waals surface area contributed by atoms with Gasteiger partial charge in [-0.2, -0.15) is 0 Å². The lowest BCUT2D eigenvalue weighted by atomic mass is 10.2. The number of rotatable bonds is 7. The number of ether oxygens (including phenoxy) is 1. The van der Waals surface area contributed by atoms with E-state index in [1.165, 1.54) is 31.4 Å². The average Bonchev–Trinajstić information content (AvgIpc) is 2.28. The van der Waals surface area contributed by atoms with Crippen molar-refractivity contribution in [2.24, 2.45) is 0 Å². The summed E-state index contributed by atoms with van der Waals surface area (Å²) in [6.07, 6.45) is 0.379. The van der Waals surface area contributed by atoms with Crippen molar-refractivity contribution in [1.29, 1.82) is 0 Å². The Morgan fingerprint density at radius 1 is 1.44 bits per heavy atom. The maximum Gasteiger partial charge on any atom is 0.335 e. The second-order valence-corrected chi connectivity index (χ2v) is 5.50. The van der Waals surface area contributed by atoms with Crippen LogP contribution in [0.1, 0.15) is 16.8 Å². The van der Waals surface area contributed by atoms with Crippen LogP contribution < -0.4 is 4.72 Å². The predicted octanol–water partition coefficient (Wildman–Crippen LogP) is 1.16. The van der Waals surface area contributed by atoms with Crippen LogP contribution in [0.5, 0.6) is 0 Å². The molecule has 0 radical (unpaired) electrons. The fourth-order valence-corrected chi connectivity index (χ4v) is 2.43. The molecule has 0 bridgehead atoms. The first kappa shape index (κ1) is 14.5. The van der Waals surface area contributed by atoms with Gasteiger partial charge in [-0.25, -0.2) is 13.2 Å². The Morgan fingerprint density at radius 2 is 2.17 bits per heavy atom. The Hall–Kier alpha value is -1.60. The van der Waals surface area contributed by atoms with Gasteiger partial charge in [-0.05, 0) is 24.6 Å². The zero-order chi connectivity index (χ0) is 13.6. The summed E-state index contributed by atoms with van der Waals surface area (Å²) in [4.78, 5) is 10.7. The molecule has 18 heavy (non-hydrogen) atoms. The monoisotopic (exact) mass is 273 g/mol. The number of hydrogen-bond donors (Lipinski definition) is 2. The molecule has 0 amide bonds. The van der Waals surface area contributed by atoms with Crippen LogP contribution in [-0.4, -0.2) is 39.0 Å². The first-order valence-electron chi connectivity index (χ1n) is 5.27. The number of aromatic carboxylic acids is 1. The Bertz CT molecular complexity index is 512. The topological polar surface area (TPSA) is 92.7 Å². The number of carbonyl (C=O) groups is 1. The van der Waals surface area contributed by atoms with Crippen molar-refractivity contribution in [3.05, 3.63) is 29.8 Å². The van der Waals surface area contributed by atoms with Crippen molar-refractivity contribution in [1.82, 2.24) is 0 Å². The molecular formula is C11H15NO5S. The number of carboxylic acid groups (broad SMARTS) is 1. The van der Waals surface area contributed by atoms with E-state index in [2.05, 4.69) is 4.72 Å². The molecule has 1 aromatic rings. The third-order valence-corrected chi connectivity index (χ3v) is 3.52. The van der Waals surface area contributed by atoms with Gasteiger partial charge >= 0.3 is 5.97 Å². The molecule has 1 aromatic carbocycles. The lowest BCUT2D eigenvalue weighted by Crippen LogP contribution is -2.18. The number of benzene rings is 1. The van der Waals surface area contributed by atoms with Gasteiger partial charge in [-0.3, -0.25) is 4.72 Å². The van der Waals surface area contributed by atoms with E-state index in [1.807, 2.05) is 0 Å². The number of carboxylic acids is 1. The zero-order valence-electron chi connectivity index (χ0n) is 9.92. The summed E-state index contributed by atoms with van der Waals surface area (Å²) in [6.45, 7) is 0.357. The summed E-state index contributed by atoms with van der Waals surface area (Å²) in [5.41, 5.74) is 0.277. The Balaban J connectivity index is 2.72. The molecule has 7 heteroatoms. The van der Waals surface area contributed by atoms with Crippen LogP contribution in [0, 0.1) is 0 Å². The van der Waals surface area contributed by atoms with Crippen LogP contribution in [0.4, 0.5) is 5.69 Å². The summed E-state index contributed by atoms with van der Waals surface area (Å²) in [7, 11) is -1.98. The molecule has 0 saturated heterocycles. The molecule has 0 fully saturated rings. The SMILES string of the molecule is COCCCS(=O)(=O)Nc1cccc(C(=O)O)c1. The van der Waals surface area contributed by atoms with E-state index in [1.54, 1.807) is 0 Å². The molecule has 1 rings (SSSR count). The van der Waals surface area contributed by atoms with Gasteiger partial charge in [0.05, 0.1) is 11.3 Å². The van der Waals surface area contributed by atoms with Crippen LogP contribution in [0.15, 0.2) is 24.3 Å². The lowest BCUT2D eigenvalue weighted by Gasteiger charge is -2.08. The number of nitrogens with one attached hydrogen (secondary N) is 1. The van der Waals surface area contributed by atoms with Gasteiger partial charge in [-0.1, -0.05) is 6.07 Å². The summed E-state index contributed by atoms with van der Waals surface area (Å²) < 4.78 is 30.4. The first-order valence-corrected chi connectivity index (χ1v) is 6.92. The quantitative estimate of drug-likeness (QED) is 0.727. The molecular weight excluding hydrogens is 258 g/mol. The van der Waals surface area contributed by atoms with E-state index >= 15 is 0 Å². The molecule has 0 aliphatic carbocycles. The van der Waals surface area contributed by atoms with E-state index < -0.39 is 16.0 Å². The molecule has 100 valence electrons. The fourth-order valence-electron chi connectivity index (χ4n) is 1.34. The smallest absolute Gasteiger partial charge is 0.335 e. The number of methoxy groups -OCH3 is 1. The number of hydrogen-bond acceptors (Lipinski definition) is 4. The Kier molecular flexibility index (Phi) is 5.11. The summed E-state index contributed by atoms with van der Waals surface area (Å²) >= 11 is 0. The minimum absolute atomic E-state index is 0.0343. The molecule has 0 unspecified atom stereocenters. The van der Waals surface area contributed by atoms with Crippen molar-refractivity contribution < 1.29 is 23.1 Å². The van der Waals surface area contributed by atoms with Crippen molar-refractivity contribution in [3.63, 3.8) is 0 Å². The van der Waals surface area contributed by atoms with Crippen LogP contribution in [0.2, 0.25) is 0 Å². The Labute approximate surface area is 106 Å². The molecule has 0 spiro atoms. The van der Waals surface area contributed by atoms with Crippen molar-refractivity contribution >= 4 is 21.7 Å². The van der Waals surface area contributed by atoms with E-state index in [0.717, 1.165) is 0 Å². The second kappa shape index (κ2) is 6.36. The first-order chi connectivity index (χ1) is 8.44. The minimum Gasteiger partial charge on any atom is -0.478 e. The van der Waals surface area contributed by atoms with Gasteiger partial charge in [0.2, 0.25) is 10.0 Å². The molecule has 0 saturated carbocycles. The van der Waals surface area contributed by atoms with Gasteiger partial charge in [0.25, 0.3) is 0 Å². The largest absolute Gasteiger partial charge is 0.478 e. The van der Waals surface area contributed by atoms with E-state index in [0.29, 0.717) is 13.0 Å². The van der Waals surface area contributed by atoms with Gasteiger partial charge in [0.1, 0.15) is 0 Å². The molecule has 0 atom stereocenters. The molecule has 6 nitrogen and oxygen atoms in total. The molecule has 0 aromatic heterocycles. The highest BCUT2D eigenvalue weighted by Gasteiger charge is 2.11. The molecule has 0 heterocycles. The summed E-state index contributed by atoms with van der Waals surface area (Å²) in [5.74, 6) is -1.17. The van der Waals surface area contributed by atoms with Crippen molar-refractivity contribution in [2.45, 2.75) is 6.42 Å². The van der Waals surface area contributed by atoms with Gasteiger partial charge in [-0.15, -0.1) is 0 Å². The highest BCUT2D eigenvalue weighted by Crippen LogP contribution is 2.12. The highest BCUT2D eigenvalue weighted by atomic mass is 32.2. The maximum absolute atomic E-state index is 11.6. The predicted molar refractivity (Wildman–Crippen MR) is 67.3 cm³/mol. The highest BCUT2D eigenvalue weighted by molar-refractivity contribution is 7.92. The van der Waals surface area contributed by atoms with Crippen LogP contribution in [-0.2, 0) is 14.8 Å². The summed E-state index contributed by atoms with van der Waals surface area (Å²) in [6, 6.07) is 5.65. The number of anilines is 1. The lowest BCUT2D eigenvalue weighted by molar-refractivity contribution is 0.0697. The van der Waals surface area contributed by atoms with Crippen LogP contribution >= 0.6 is 0 Å². The van der Waals surface area contributed by atoms with Gasteiger partial charge in [0.15, 0.2) is 0 Å². The third kappa shape index (κ3) is 4.72. The van der Waals surface area contributed by atoms with Crippen LogP contribution in [0.25, 0.3) is 0 Å². The average molecular weight is 273 g/mol. The molecule has 0 aliphatic heterocycles. The minimum atomic E-state index is -3.47. The van der Waals surface area contributed by atoms with Gasteiger partial charge < -0.3 is 9.84 Å². The van der Waals surface area contributed by atoms with E-state index in [9.17, 15) is 13.2 Å². The van der Waals surface area contributed by atoms with Crippen molar-refractivity contribution in [3.8, 4) is 0 Å². The summed E-state index contributed by atoms with van der Waals surface area (Å²) in [5, 5.41) is 8.79. The zero-order valence-corrected chi connectivity index (χ0v) is 10.7. The Morgan fingerprint density at radius 3 is 2.78 bits per heavy atom. The molecule has 2 N–H and O–H groups in total. The van der Waals surface area contributed by atoms with E-state index in [4.69, 9.17) is 9.84 Å². The van der Waals surface area contributed by atoms with Crippen LogP contribution in [0.3, 0.4) is 0 Å². The van der Waals surface area contributed by atoms with Crippen molar-refractivity contribution in [2.75, 3.05) is 24.2 Å². The fraction of sp³-hybridized carbons (Fsp3) is 0.364. The molecule has 0 aliphatic rings. The standard InChI is InChI=1S/C11H15NO5S/c1-17-6-3-7-18(15,16)12-10-5-2-4-9(8-10)11(13)14/h2,4-5,8,12H,3,6-7H2,1H3,(H,13,14). The maximum atomic E-state index is 11.6. The van der Waals surface area contributed by atoms with Gasteiger partial charge in [0, 0.05) is 19.4 Å². The second-order valence-electron chi connectivity index (χ2n) is 3.65. The third-order valence-electron chi connectivity index (χ3n) is 2.14. The number of sulfonamides is 1. The van der Waals surface area contributed by atoms with E-state index in [-0.39, 0.29) is 17.0 Å².